The van der Waals surface area contributed by atoms with Gasteiger partial charge in [0.15, 0.2) is 5.78 Å². The van der Waals surface area contributed by atoms with E-state index in [4.69, 9.17) is 4.74 Å². The quantitative estimate of drug-likeness (QED) is 0.289. The van der Waals surface area contributed by atoms with Crippen LogP contribution in [0.2, 0.25) is 0 Å². The number of carbonyl (C=O) groups excluding carboxylic acids is 2. The average molecular weight is 587 g/mol. The maximum absolute atomic E-state index is 13.8. The minimum Gasteiger partial charge on any atom is -0.492 e. The average Bonchev–Trinajstić information content (AvgIpc) is 3.55. The van der Waals surface area contributed by atoms with E-state index in [2.05, 4.69) is 56.5 Å². The maximum Gasteiger partial charge on any atom is 0.333 e. The predicted octanol–water partition coefficient (Wildman–Crippen LogP) is 3.29. The summed E-state index contributed by atoms with van der Waals surface area (Å²) < 4.78 is 6.16. The van der Waals surface area contributed by atoms with Gasteiger partial charge in [0.05, 0.1) is 22.5 Å². The maximum atomic E-state index is 13.8. The molecule has 0 bridgehead atoms. The number of aromatic amines is 1. The monoisotopic (exact) mass is 586 g/mol. The molecule has 1 aliphatic carbocycles. The molecule has 2 fully saturated rings. The molecule has 3 heterocycles. The number of urea groups is 1. The first-order valence-electron chi connectivity index (χ1n) is 15.3. The van der Waals surface area contributed by atoms with Gasteiger partial charge in [0.25, 0.3) is 0 Å². The van der Waals surface area contributed by atoms with Crippen molar-refractivity contribution in [3.05, 3.63) is 53.1 Å². The standard InChI is InChI=1S/C32H42N8O3/c1-21(2)39-14-12-38(13-15-39)18-19-43-26-9-8-23(20-22(26)3)29-28-30(35-34-29)24-6-5-7-25(27(24)31(28)41)33-32(42)36-40-16-10-37(4)11-17-40/h5-9,20-21H,10-19H2,1-4H3,(H,34,35)(H2,33,36,42). The normalized spacial score (nSPS) is 18.1. The Balaban J connectivity index is 1.11. The number of anilines is 1. The highest BCUT2D eigenvalue weighted by atomic mass is 16.5. The highest BCUT2D eigenvalue weighted by Crippen LogP contribution is 2.43. The van der Waals surface area contributed by atoms with E-state index < -0.39 is 0 Å². The van der Waals surface area contributed by atoms with Crippen molar-refractivity contribution >= 4 is 17.5 Å². The summed E-state index contributed by atoms with van der Waals surface area (Å²) in [6.07, 6.45) is 0. The topological polar surface area (TPSA) is 109 Å². The largest absolute Gasteiger partial charge is 0.492 e. The number of ketones is 1. The van der Waals surface area contributed by atoms with Crippen molar-refractivity contribution < 1.29 is 14.3 Å². The predicted molar refractivity (Wildman–Crippen MR) is 167 cm³/mol. The zero-order valence-electron chi connectivity index (χ0n) is 25.6. The van der Waals surface area contributed by atoms with Crippen LogP contribution in [0.15, 0.2) is 36.4 Å². The molecule has 0 spiro atoms. The smallest absolute Gasteiger partial charge is 0.333 e. The number of nitrogens with one attached hydrogen (secondary N) is 3. The third-order valence-electron chi connectivity index (χ3n) is 8.82. The molecule has 2 aliphatic heterocycles. The molecule has 3 aliphatic rings. The van der Waals surface area contributed by atoms with Crippen molar-refractivity contribution in [1.29, 1.82) is 0 Å². The fraction of sp³-hybridized carbons (Fsp3) is 0.469. The zero-order chi connectivity index (χ0) is 30.1. The third-order valence-corrected chi connectivity index (χ3v) is 8.82. The number of aromatic nitrogens is 2. The van der Waals surface area contributed by atoms with Crippen LogP contribution in [0.5, 0.6) is 5.75 Å². The first-order chi connectivity index (χ1) is 20.8. The van der Waals surface area contributed by atoms with Crippen molar-refractivity contribution in [2.24, 2.45) is 0 Å². The van der Waals surface area contributed by atoms with Gasteiger partial charge in [0.1, 0.15) is 18.1 Å². The lowest BCUT2D eigenvalue weighted by atomic mass is 10.0. The van der Waals surface area contributed by atoms with Gasteiger partial charge in [-0.3, -0.25) is 25.1 Å². The molecule has 6 rings (SSSR count). The van der Waals surface area contributed by atoms with Crippen LogP contribution in [0.25, 0.3) is 22.5 Å². The summed E-state index contributed by atoms with van der Waals surface area (Å²) in [5.41, 5.74) is 8.22. The molecular weight excluding hydrogens is 544 g/mol. The molecule has 0 atom stereocenters. The van der Waals surface area contributed by atoms with Crippen LogP contribution in [0.4, 0.5) is 10.5 Å². The number of benzene rings is 2. The van der Waals surface area contributed by atoms with Gasteiger partial charge in [-0.2, -0.15) is 5.10 Å². The number of H-pyrrole nitrogens is 1. The third kappa shape index (κ3) is 6.16. The molecule has 2 saturated heterocycles. The SMILES string of the molecule is Cc1cc(-c2[nH]nc3c2C(=O)c2c(NC(=O)NN4CCN(C)CC4)cccc2-3)ccc1OCCN1CCN(C(C)C)CC1. The van der Waals surface area contributed by atoms with Crippen molar-refractivity contribution in [1.82, 2.24) is 35.3 Å². The fourth-order valence-corrected chi connectivity index (χ4v) is 6.16. The number of piperazine rings is 2. The van der Waals surface area contributed by atoms with E-state index in [0.29, 0.717) is 46.4 Å². The second kappa shape index (κ2) is 12.5. The van der Waals surface area contributed by atoms with Gasteiger partial charge in [0.2, 0.25) is 0 Å². The summed E-state index contributed by atoms with van der Waals surface area (Å²) in [6.45, 7) is 15.6. The molecule has 2 amide bonds. The zero-order valence-corrected chi connectivity index (χ0v) is 25.6. The van der Waals surface area contributed by atoms with Crippen molar-refractivity contribution in [2.75, 3.05) is 77.9 Å². The van der Waals surface area contributed by atoms with Crippen LogP contribution in [0, 0.1) is 6.92 Å². The lowest BCUT2D eigenvalue weighted by Gasteiger charge is -2.36. The molecule has 1 aromatic heterocycles. The Morgan fingerprint density at radius 3 is 2.51 bits per heavy atom. The van der Waals surface area contributed by atoms with E-state index in [-0.39, 0.29) is 11.8 Å². The van der Waals surface area contributed by atoms with Gasteiger partial charge < -0.3 is 15.0 Å². The molecule has 3 N–H and O–H groups in total. The molecule has 2 aromatic carbocycles. The Morgan fingerprint density at radius 1 is 1.02 bits per heavy atom. The lowest BCUT2D eigenvalue weighted by molar-refractivity contribution is 0.0970. The van der Waals surface area contributed by atoms with Gasteiger partial charge in [-0.15, -0.1) is 0 Å². The number of aryl methyl sites for hydroxylation is 1. The van der Waals surface area contributed by atoms with E-state index in [1.807, 2.05) is 42.3 Å². The molecule has 0 saturated carbocycles. The Hall–Kier alpha value is -3.77. The van der Waals surface area contributed by atoms with E-state index in [9.17, 15) is 9.59 Å². The molecule has 3 aromatic rings. The number of likely N-dealkylation sites (N-methyl/N-ethyl adjacent to an activating group) is 1. The van der Waals surface area contributed by atoms with Crippen LogP contribution >= 0.6 is 0 Å². The second-order valence-electron chi connectivity index (χ2n) is 12.0. The number of carbonyl (C=O) groups is 2. The van der Waals surface area contributed by atoms with Crippen molar-refractivity contribution in [3.63, 3.8) is 0 Å². The summed E-state index contributed by atoms with van der Waals surface area (Å²) in [5.74, 6) is 0.688. The van der Waals surface area contributed by atoms with Gasteiger partial charge in [-0.1, -0.05) is 12.1 Å². The Labute approximate surface area is 253 Å². The Bertz CT molecular complexity index is 1490. The first-order valence-corrected chi connectivity index (χ1v) is 15.3. The Kier molecular flexibility index (Phi) is 8.49. The molecule has 0 radical (unpaired) electrons. The van der Waals surface area contributed by atoms with Gasteiger partial charge in [-0.25, -0.2) is 9.80 Å². The van der Waals surface area contributed by atoms with Crippen molar-refractivity contribution in [2.45, 2.75) is 26.8 Å². The molecular formula is C32H42N8O3. The molecule has 43 heavy (non-hydrogen) atoms. The molecule has 0 unspecified atom stereocenters. The van der Waals surface area contributed by atoms with Crippen LogP contribution in [0.1, 0.15) is 35.3 Å². The summed E-state index contributed by atoms with van der Waals surface area (Å²) in [4.78, 5) is 33.8. The van der Waals surface area contributed by atoms with Gasteiger partial charge >= 0.3 is 6.03 Å². The minimum atomic E-state index is -0.360. The van der Waals surface area contributed by atoms with Crippen LogP contribution in [-0.2, 0) is 0 Å². The summed E-state index contributed by atoms with van der Waals surface area (Å²) in [5, 5.41) is 12.4. The van der Waals surface area contributed by atoms with Crippen LogP contribution in [-0.4, -0.2) is 120 Å². The van der Waals surface area contributed by atoms with Crippen molar-refractivity contribution in [3.8, 4) is 28.3 Å². The summed E-state index contributed by atoms with van der Waals surface area (Å²) in [7, 11) is 2.06. The van der Waals surface area contributed by atoms with Crippen LogP contribution in [0.3, 0.4) is 0 Å². The first kappa shape index (κ1) is 29.3. The fourth-order valence-electron chi connectivity index (χ4n) is 6.16. The number of nitrogens with zero attached hydrogens (tertiary/aromatic N) is 5. The highest BCUT2D eigenvalue weighted by molar-refractivity contribution is 6.26. The lowest BCUT2D eigenvalue weighted by Crippen LogP contribution is -2.53. The second-order valence-corrected chi connectivity index (χ2v) is 12.0. The minimum absolute atomic E-state index is 0.153. The van der Waals surface area contributed by atoms with Crippen LogP contribution < -0.4 is 15.5 Å². The highest BCUT2D eigenvalue weighted by Gasteiger charge is 2.35. The number of hydrogen-bond donors (Lipinski definition) is 3. The molecule has 228 valence electrons. The number of hydrazine groups is 1. The number of ether oxygens (including phenoxy) is 1. The number of fused-ring (bicyclic) bond motifs is 3. The van der Waals surface area contributed by atoms with E-state index in [1.165, 1.54) is 0 Å². The number of hydrogen-bond acceptors (Lipinski definition) is 8. The molecule has 11 nitrogen and oxygen atoms in total. The van der Waals surface area contributed by atoms with E-state index >= 15 is 0 Å². The Morgan fingerprint density at radius 2 is 1.79 bits per heavy atom. The van der Waals surface area contributed by atoms with Gasteiger partial charge in [-0.05, 0) is 57.6 Å². The summed E-state index contributed by atoms with van der Waals surface area (Å²) in [6, 6.07) is 11.7. The summed E-state index contributed by atoms with van der Waals surface area (Å²) >= 11 is 0. The van der Waals surface area contributed by atoms with E-state index in [1.54, 1.807) is 6.07 Å². The molecule has 11 heteroatoms. The number of rotatable bonds is 8. The van der Waals surface area contributed by atoms with E-state index in [0.717, 1.165) is 75.8 Å². The number of amides is 2. The van der Waals surface area contributed by atoms with Gasteiger partial charge in [0, 0.05) is 76.1 Å².